The highest BCUT2D eigenvalue weighted by Crippen LogP contribution is 2.45. The van der Waals surface area contributed by atoms with Crippen LogP contribution in [-0.4, -0.2) is 54.7 Å². The van der Waals surface area contributed by atoms with E-state index in [1.807, 2.05) is 24.8 Å². The van der Waals surface area contributed by atoms with Gasteiger partial charge >= 0.3 is 0 Å². The number of nitrogens with zero attached hydrogens (tertiary/aromatic N) is 5. The molecule has 24 heavy (non-hydrogen) atoms. The van der Waals surface area contributed by atoms with E-state index >= 15 is 0 Å². The van der Waals surface area contributed by atoms with E-state index in [0.717, 1.165) is 43.5 Å². The molecule has 1 saturated carbocycles. The van der Waals surface area contributed by atoms with Gasteiger partial charge in [0.25, 0.3) is 11.7 Å². The zero-order chi connectivity index (χ0) is 16.9. The Morgan fingerprint density at radius 1 is 1.29 bits per heavy atom. The van der Waals surface area contributed by atoms with Crippen molar-refractivity contribution in [1.82, 2.24) is 24.5 Å². The van der Waals surface area contributed by atoms with Crippen LogP contribution in [0.3, 0.4) is 0 Å². The maximum absolute atomic E-state index is 12.9. The lowest BCUT2D eigenvalue weighted by molar-refractivity contribution is -0.00575. The second-order valence-corrected chi connectivity index (χ2v) is 7.29. The molecule has 2 aliphatic rings. The Balaban J connectivity index is 1.62. The topological polar surface area (TPSA) is 83.6 Å². The van der Waals surface area contributed by atoms with Crippen molar-refractivity contribution in [3.63, 3.8) is 0 Å². The molecule has 0 unspecified atom stereocenters. The minimum atomic E-state index is -0.298. The maximum Gasteiger partial charge on any atom is 0.293 e. The second-order valence-electron chi connectivity index (χ2n) is 7.29. The first-order chi connectivity index (χ1) is 11.5. The number of rotatable bonds is 1. The van der Waals surface area contributed by atoms with Gasteiger partial charge in [0.1, 0.15) is 0 Å². The molecule has 4 rings (SSSR count). The van der Waals surface area contributed by atoms with Crippen molar-refractivity contribution in [2.75, 3.05) is 13.1 Å². The Morgan fingerprint density at radius 2 is 2.08 bits per heavy atom. The number of hydrogen-bond donors (Lipinski definition) is 1. The van der Waals surface area contributed by atoms with Crippen LogP contribution >= 0.6 is 0 Å². The predicted molar refractivity (Wildman–Crippen MR) is 87.7 cm³/mol. The number of amides is 1. The molecule has 2 atom stereocenters. The highest BCUT2D eigenvalue weighted by molar-refractivity contribution is 5.91. The van der Waals surface area contributed by atoms with E-state index in [9.17, 15) is 9.90 Å². The molecule has 1 aliphatic carbocycles. The standard InChI is InChI=1S/C17H23N5O2/c1-11-9-12(2)22-16(18-11)19-14(20-22)15(24)21-8-4-7-17(10-21)6-3-5-13(17)23/h9,13,23H,3-8,10H2,1-2H3/t13-,17+/m1/s1. The van der Waals surface area contributed by atoms with Gasteiger partial charge < -0.3 is 10.0 Å². The molecule has 0 radical (unpaired) electrons. The fourth-order valence-corrected chi connectivity index (χ4v) is 4.33. The lowest BCUT2D eigenvalue weighted by Gasteiger charge is -2.42. The molecule has 2 aromatic rings. The Morgan fingerprint density at radius 3 is 2.83 bits per heavy atom. The molecule has 1 spiro atoms. The maximum atomic E-state index is 12.9. The van der Waals surface area contributed by atoms with Crippen molar-refractivity contribution >= 4 is 11.7 Å². The van der Waals surface area contributed by atoms with Crippen molar-refractivity contribution in [2.24, 2.45) is 5.41 Å². The normalized spacial score (nSPS) is 27.3. The van der Waals surface area contributed by atoms with E-state index in [1.165, 1.54) is 0 Å². The highest BCUT2D eigenvalue weighted by Gasteiger charge is 2.46. The van der Waals surface area contributed by atoms with Crippen molar-refractivity contribution in [1.29, 1.82) is 0 Å². The molecule has 1 aliphatic heterocycles. The third-order valence-corrected chi connectivity index (χ3v) is 5.56. The van der Waals surface area contributed by atoms with Gasteiger partial charge in [-0.2, -0.15) is 4.98 Å². The zero-order valence-electron chi connectivity index (χ0n) is 14.2. The second kappa shape index (κ2) is 5.51. The van der Waals surface area contributed by atoms with Crippen molar-refractivity contribution in [3.05, 3.63) is 23.3 Å². The van der Waals surface area contributed by atoms with Gasteiger partial charge in [-0.15, -0.1) is 5.10 Å². The number of aryl methyl sites for hydroxylation is 2. The number of likely N-dealkylation sites (tertiary alicyclic amines) is 1. The van der Waals surface area contributed by atoms with Gasteiger partial charge in [-0.1, -0.05) is 6.42 Å². The smallest absolute Gasteiger partial charge is 0.293 e. The zero-order valence-corrected chi connectivity index (χ0v) is 14.2. The summed E-state index contributed by atoms with van der Waals surface area (Å²) in [7, 11) is 0. The molecular weight excluding hydrogens is 306 g/mol. The third kappa shape index (κ3) is 2.38. The summed E-state index contributed by atoms with van der Waals surface area (Å²) in [5.41, 5.74) is 1.64. The molecule has 7 nitrogen and oxygen atoms in total. The van der Waals surface area contributed by atoms with Crippen molar-refractivity contribution in [2.45, 2.75) is 52.1 Å². The van der Waals surface area contributed by atoms with Crippen LogP contribution in [0.1, 0.15) is 54.1 Å². The van der Waals surface area contributed by atoms with Crippen molar-refractivity contribution in [3.8, 4) is 0 Å². The largest absolute Gasteiger partial charge is 0.392 e. The molecule has 0 bridgehead atoms. The van der Waals surface area contributed by atoms with E-state index in [2.05, 4.69) is 15.1 Å². The van der Waals surface area contributed by atoms with Gasteiger partial charge in [-0.05, 0) is 45.6 Å². The monoisotopic (exact) mass is 329 g/mol. The van der Waals surface area contributed by atoms with Gasteiger partial charge in [0.05, 0.1) is 6.10 Å². The Kier molecular flexibility index (Phi) is 3.56. The molecule has 2 fully saturated rings. The first kappa shape index (κ1) is 15.5. The van der Waals surface area contributed by atoms with E-state index in [1.54, 1.807) is 4.52 Å². The molecule has 7 heteroatoms. The minimum absolute atomic E-state index is 0.127. The van der Waals surface area contributed by atoms with E-state index in [0.29, 0.717) is 18.9 Å². The van der Waals surface area contributed by atoms with Crippen LogP contribution in [0, 0.1) is 19.3 Å². The fourth-order valence-electron chi connectivity index (χ4n) is 4.33. The Labute approximate surface area is 140 Å². The Bertz CT molecular complexity index is 802. The third-order valence-electron chi connectivity index (χ3n) is 5.56. The summed E-state index contributed by atoms with van der Waals surface area (Å²) in [4.78, 5) is 23.4. The van der Waals surface area contributed by atoms with Crippen LogP contribution < -0.4 is 0 Å². The molecular formula is C17H23N5O2. The Hall–Kier alpha value is -2.02. The van der Waals surface area contributed by atoms with E-state index in [-0.39, 0.29) is 23.3 Å². The molecule has 1 N–H and O–H groups in total. The predicted octanol–water partition coefficient (Wildman–Crippen LogP) is 1.51. The molecule has 1 amide bonds. The number of fused-ring (bicyclic) bond motifs is 1. The lowest BCUT2D eigenvalue weighted by atomic mass is 9.76. The summed E-state index contributed by atoms with van der Waals surface area (Å²) in [5, 5.41) is 14.7. The molecule has 1 saturated heterocycles. The van der Waals surface area contributed by atoms with Crippen LogP contribution in [-0.2, 0) is 0 Å². The molecule has 0 aromatic carbocycles. The number of carbonyl (C=O) groups is 1. The fraction of sp³-hybridized carbons (Fsp3) is 0.647. The van der Waals surface area contributed by atoms with Crippen LogP contribution in [0.2, 0.25) is 0 Å². The summed E-state index contributed by atoms with van der Waals surface area (Å²) < 4.78 is 1.62. The SMILES string of the molecule is Cc1cc(C)n2nc(C(=O)N3CCC[C@@]4(CCC[C@H]4O)C3)nc2n1. The van der Waals surface area contributed by atoms with E-state index in [4.69, 9.17) is 0 Å². The summed E-state index contributed by atoms with van der Waals surface area (Å²) in [6.45, 7) is 5.14. The van der Waals surface area contributed by atoms with Gasteiger partial charge in [0, 0.05) is 29.9 Å². The average molecular weight is 329 g/mol. The van der Waals surface area contributed by atoms with Gasteiger partial charge in [0.15, 0.2) is 0 Å². The summed E-state index contributed by atoms with van der Waals surface area (Å²) in [5.74, 6) is 0.500. The van der Waals surface area contributed by atoms with Crippen LogP contribution in [0.15, 0.2) is 6.07 Å². The van der Waals surface area contributed by atoms with Gasteiger partial charge in [0.2, 0.25) is 5.82 Å². The lowest BCUT2D eigenvalue weighted by Crippen LogP contribution is -2.49. The van der Waals surface area contributed by atoms with Gasteiger partial charge in [-0.3, -0.25) is 4.79 Å². The molecule has 128 valence electrons. The number of aromatic nitrogens is 4. The number of piperidine rings is 1. The van der Waals surface area contributed by atoms with Crippen LogP contribution in [0.4, 0.5) is 0 Å². The first-order valence-corrected chi connectivity index (χ1v) is 8.67. The minimum Gasteiger partial charge on any atom is -0.392 e. The molecule has 3 heterocycles. The van der Waals surface area contributed by atoms with Gasteiger partial charge in [-0.25, -0.2) is 9.50 Å². The highest BCUT2D eigenvalue weighted by atomic mass is 16.3. The van der Waals surface area contributed by atoms with Crippen LogP contribution in [0.25, 0.3) is 5.78 Å². The molecule has 2 aromatic heterocycles. The van der Waals surface area contributed by atoms with E-state index < -0.39 is 0 Å². The van der Waals surface area contributed by atoms with Crippen molar-refractivity contribution < 1.29 is 9.90 Å². The number of hydrogen-bond acceptors (Lipinski definition) is 5. The average Bonchev–Trinajstić information content (AvgIpc) is 3.12. The van der Waals surface area contributed by atoms with Crippen LogP contribution in [0.5, 0.6) is 0 Å². The first-order valence-electron chi connectivity index (χ1n) is 8.67. The summed E-state index contributed by atoms with van der Waals surface area (Å²) in [6.07, 6.45) is 4.50. The summed E-state index contributed by atoms with van der Waals surface area (Å²) in [6, 6.07) is 1.92. The number of aliphatic hydroxyl groups excluding tert-OH is 1. The quantitative estimate of drug-likeness (QED) is 0.857. The number of aliphatic hydroxyl groups is 1. The summed E-state index contributed by atoms with van der Waals surface area (Å²) >= 11 is 0. The number of carbonyl (C=O) groups excluding carboxylic acids is 1.